The Morgan fingerprint density at radius 1 is 0.474 bits per heavy atom. The fourth-order valence-electron chi connectivity index (χ4n) is 5.68. The molecule has 0 spiro atoms. The lowest BCUT2D eigenvalue weighted by Crippen LogP contribution is -2.03. The Bertz CT molecular complexity index is 2120. The van der Waals surface area contributed by atoms with Crippen molar-refractivity contribution in [1.82, 2.24) is 19.1 Å². The zero-order chi connectivity index (χ0) is 25.1. The summed E-state index contributed by atoms with van der Waals surface area (Å²) in [7, 11) is 0. The molecule has 0 amide bonds. The molecule has 0 bridgehead atoms. The van der Waals surface area contributed by atoms with Crippen LogP contribution in [-0.2, 0) is 0 Å². The molecule has 0 aliphatic rings. The molecule has 0 unspecified atom stereocenters. The number of rotatable bonds is 3. The van der Waals surface area contributed by atoms with Gasteiger partial charge in [0.15, 0.2) is 0 Å². The molecule has 4 nitrogen and oxygen atoms in total. The molecule has 0 saturated heterocycles. The maximum absolute atomic E-state index is 5.23. The van der Waals surface area contributed by atoms with Gasteiger partial charge in [0.05, 0.1) is 27.8 Å². The lowest BCUT2D eigenvalue weighted by molar-refractivity contribution is 1.02. The summed E-state index contributed by atoms with van der Waals surface area (Å²) in [4.78, 5) is 10.4. The van der Waals surface area contributed by atoms with Gasteiger partial charge in [-0.2, -0.15) is 0 Å². The van der Waals surface area contributed by atoms with Crippen LogP contribution in [0.5, 0.6) is 0 Å². The van der Waals surface area contributed by atoms with Crippen LogP contribution in [0.25, 0.3) is 66.5 Å². The molecule has 178 valence electrons. The van der Waals surface area contributed by atoms with Crippen molar-refractivity contribution in [3.63, 3.8) is 0 Å². The van der Waals surface area contributed by atoms with Crippen LogP contribution in [-0.4, -0.2) is 19.1 Å². The van der Waals surface area contributed by atoms with Crippen molar-refractivity contribution in [2.45, 2.75) is 0 Å². The fourth-order valence-corrected chi connectivity index (χ4v) is 5.68. The molecule has 3 heterocycles. The van der Waals surface area contributed by atoms with E-state index in [9.17, 15) is 0 Å². The molecule has 0 atom stereocenters. The summed E-state index contributed by atoms with van der Waals surface area (Å²) in [5, 5.41) is 4.59. The zero-order valence-electron chi connectivity index (χ0n) is 20.5. The minimum Gasteiger partial charge on any atom is -0.316 e. The van der Waals surface area contributed by atoms with Gasteiger partial charge in [0.25, 0.3) is 0 Å². The first-order valence-corrected chi connectivity index (χ1v) is 12.8. The minimum atomic E-state index is 0.675. The van der Waals surface area contributed by atoms with Crippen LogP contribution in [0, 0.1) is 0 Å². The van der Waals surface area contributed by atoms with E-state index in [2.05, 4.69) is 118 Å². The molecule has 4 heteroatoms. The highest BCUT2D eigenvalue weighted by atomic mass is 15.2. The molecule has 5 aromatic carbocycles. The molecule has 38 heavy (non-hydrogen) atoms. The smallest absolute Gasteiger partial charge is 0.235 e. The van der Waals surface area contributed by atoms with Gasteiger partial charge in [-0.1, -0.05) is 91.0 Å². The number of nitrogens with zero attached hydrogens (tertiary/aromatic N) is 4. The lowest BCUT2D eigenvalue weighted by atomic mass is 10.1. The summed E-state index contributed by atoms with van der Waals surface area (Å²) in [6, 6.07) is 44.3. The predicted octanol–water partition coefficient (Wildman–Crippen LogP) is 8.34. The summed E-state index contributed by atoms with van der Waals surface area (Å²) in [5.74, 6) is 0.675. The van der Waals surface area contributed by atoms with E-state index in [1.54, 1.807) is 0 Å². The molecule has 0 fully saturated rings. The van der Waals surface area contributed by atoms with Gasteiger partial charge >= 0.3 is 0 Å². The average Bonchev–Trinajstić information content (AvgIpc) is 3.57. The van der Waals surface area contributed by atoms with E-state index in [4.69, 9.17) is 9.97 Å². The quantitative estimate of drug-likeness (QED) is 0.252. The number of benzene rings is 5. The van der Waals surface area contributed by atoms with E-state index < -0.39 is 0 Å². The highest BCUT2D eigenvalue weighted by Crippen LogP contribution is 2.38. The molecular weight excluding hydrogens is 464 g/mol. The van der Waals surface area contributed by atoms with Crippen LogP contribution >= 0.6 is 0 Å². The van der Waals surface area contributed by atoms with Gasteiger partial charge < -0.3 is 4.57 Å². The first-order valence-electron chi connectivity index (χ1n) is 12.8. The molecule has 0 aliphatic heterocycles. The summed E-state index contributed by atoms with van der Waals surface area (Å²) in [5.41, 5.74) is 7.44. The number of hydrogen-bond donors (Lipinski definition) is 0. The molecule has 0 saturated carbocycles. The Labute approximate surface area is 219 Å². The molecule has 3 aromatic heterocycles. The monoisotopic (exact) mass is 486 g/mol. The van der Waals surface area contributed by atoms with Gasteiger partial charge in [-0.25, -0.2) is 9.97 Å². The maximum Gasteiger partial charge on any atom is 0.235 e. The maximum atomic E-state index is 5.23. The van der Waals surface area contributed by atoms with E-state index >= 15 is 0 Å². The van der Waals surface area contributed by atoms with Crippen molar-refractivity contribution in [3.05, 3.63) is 134 Å². The van der Waals surface area contributed by atoms with Crippen molar-refractivity contribution >= 4 is 43.6 Å². The summed E-state index contributed by atoms with van der Waals surface area (Å²) in [6.45, 7) is 0. The second-order valence-corrected chi connectivity index (χ2v) is 9.52. The van der Waals surface area contributed by atoms with Gasteiger partial charge in [-0.3, -0.25) is 4.57 Å². The zero-order valence-corrected chi connectivity index (χ0v) is 20.5. The van der Waals surface area contributed by atoms with Gasteiger partial charge in [0.2, 0.25) is 5.95 Å². The predicted molar refractivity (Wildman–Crippen MR) is 156 cm³/mol. The molecule has 0 N–H and O–H groups in total. The SMILES string of the molecule is c1ccc(-c2nc(-n3c4ccccc4c4ccc5c(ccn5-c5ccccc5)c43)nc3ccccc23)cc1. The van der Waals surface area contributed by atoms with Crippen molar-refractivity contribution in [1.29, 1.82) is 0 Å². The van der Waals surface area contributed by atoms with Crippen molar-refractivity contribution in [2.24, 2.45) is 0 Å². The largest absolute Gasteiger partial charge is 0.316 e. The molecule has 0 radical (unpaired) electrons. The van der Waals surface area contributed by atoms with E-state index in [1.165, 1.54) is 16.2 Å². The van der Waals surface area contributed by atoms with E-state index in [0.29, 0.717) is 5.95 Å². The Kier molecular flexibility index (Phi) is 4.49. The van der Waals surface area contributed by atoms with E-state index in [0.717, 1.165) is 44.4 Å². The van der Waals surface area contributed by atoms with Crippen LogP contribution in [0.15, 0.2) is 134 Å². The van der Waals surface area contributed by atoms with Gasteiger partial charge in [-0.15, -0.1) is 0 Å². The molecule has 8 rings (SSSR count). The second kappa shape index (κ2) is 8.15. The van der Waals surface area contributed by atoms with E-state index in [1.807, 2.05) is 24.3 Å². The van der Waals surface area contributed by atoms with Gasteiger partial charge in [-0.05, 0) is 36.4 Å². The van der Waals surface area contributed by atoms with Crippen LogP contribution in [0.1, 0.15) is 0 Å². The third-order valence-electron chi connectivity index (χ3n) is 7.38. The van der Waals surface area contributed by atoms with Crippen LogP contribution < -0.4 is 0 Å². The number of para-hydroxylation sites is 3. The highest BCUT2D eigenvalue weighted by molar-refractivity contribution is 6.18. The third-order valence-corrected chi connectivity index (χ3v) is 7.38. The first-order chi connectivity index (χ1) is 18.9. The molecule has 8 aromatic rings. The molecule has 0 aliphatic carbocycles. The minimum absolute atomic E-state index is 0.675. The Balaban J connectivity index is 1.50. The summed E-state index contributed by atoms with van der Waals surface area (Å²) in [6.07, 6.45) is 2.15. The van der Waals surface area contributed by atoms with Crippen LogP contribution in [0.4, 0.5) is 0 Å². The Morgan fingerprint density at radius 3 is 2.03 bits per heavy atom. The second-order valence-electron chi connectivity index (χ2n) is 9.52. The summed E-state index contributed by atoms with van der Waals surface area (Å²) >= 11 is 0. The lowest BCUT2D eigenvalue weighted by Gasteiger charge is -2.12. The van der Waals surface area contributed by atoms with Crippen LogP contribution in [0.2, 0.25) is 0 Å². The molecular formula is C34H22N4. The number of hydrogen-bond acceptors (Lipinski definition) is 2. The van der Waals surface area contributed by atoms with Gasteiger partial charge in [0.1, 0.15) is 0 Å². The van der Waals surface area contributed by atoms with Crippen molar-refractivity contribution in [3.8, 4) is 22.9 Å². The first kappa shape index (κ1) is 20.9. The highest BCUT2D eigenvalue weighted by Gasteiger charge is 2.19. The normalized spacial score (nSPS) is 11.7. The topological polar surface area (TPSA) is 35.6 Å². The Hall–Kier alpha value is -5.22. The van der Waals surface area contributed by atoms with Crippen molar-refractivity contribution in [2.75, 3.05) is 0 Å². The fraction of sp³-hybridized carbons (Fsp3) is 0. The number of aromatic nitrogens is 4. The standard InChI is InChI=1S/C34H22N4/c1-3-11-23(12-4-1)32-27-16-7-9-17-29(27)35-34(36-32)38-31-18-10-8-15-25(31)26-19-20-30-28(33(26)38)21-22-37(30)24-13-5-2-6-14-24/h1-22H. The number of fused-ring (bicyclic) bond motifs is 6. The Morgan fingerprint density at radius 2 is 1.18 bits per heavy atom. The summed E-state index contributed by atoms with van der Waals surface area (Å²) < 4.78 is 4.48. The van der Waals surface area contributed by atoms with Crippen molar-refractivity contribution < 1.29 is 0 Å². The van der Waals surface area contributed by atoms with Crippen LogP contribution in [0.3, 0.4) is 0 Å². The van der Waals surface area contributed by atoms with Gasteiger partial charge in [0, 0.05) is 39.0 Å². The van der Waals surface area contributed by atoms with E-state index in [-0.39, 0.29) is 0 Å². The average molecular weight is 487 g/mol. The third kappa shape index (κ3) is 3.04.